The molecule has 5 nitrogen and oxygen atoms in total. The van der Waals surface area contributed by atoms with Gasteiger partial charge in [-0.05, 0) is 12.8 Å². The van der Waals surface area contributed by atoms with Gasteiger partial charge in [0.25, 0.3) is 0 Å². The number of ketones is 1. The van der Waals surface area contributed by atoms with Crippen molar-refractivity contribution in [1.82, 2.24) is 4.90 Å². The van der Waals surface area contributed by atoms with Crippen LogP contribution in [0.5, 0.6) is 0 Å². The number of carbonyl (C=O) groups excluding carboxylic acids is 3. The highest BCUT2D eigenvalue weighted by Crippen LogP contribution is 2.17. The number of primary amides is 1. The van der Waals surface area contributed by atoms with E-state index in [1.54, 1.807) is 29.2 Å². The molecule has 1 heterocycles. The van der Waals surface area contributed by atoms with Gasteiger partial charge in [0.05, 0.1) is 6.42 Å². The van der Waals surface area contributed by atoms with Gasteiger partial charge in [-0.3, -0.25) is 14.4 Å². The molecule has 0 saturated carbocycles. The number of likely N-dealkylation sites (tertiary alicyclic amines) is 1. The summed E-state index contributed by atoms with van der Waals surface area (Å²) in [5.41, 5.74) is 5.80. The first-order chi connectivity index (χ1) is 9.58. The van der Waals surface area contributed by atoms with Crippen LogP contribution in [0.2, 0.25) is 0 Å². The zero-order valence-corrected chi connectivity index (χ0v) is 11.2. The highest BCUT2D eigenvalue weighted by molar-refractivity contribution is 6.07. The predicted octanol–water partition coefficient (Wildman–Crippen LogP) is 0.983. The van der Waals surface area contributed by atoms with Crippen molar-refractivity contribution in [1.29, 1.82) is 0 Å². The third-order valence-corrected chi connectivity index (χ3v) is 3.66. The van der Waals surface area contributed by atoms with Gasteiger partial charge in [0, 0.05) is 24.6 Å². The Morgan fingerprint density at radius 3 is 2.25 bits per heavy atom. The third-order valence-electron chi connectivity index (χ3n) is 3.66. The van der Waals surface area contributed by atoms with E-state index in [4.69, 9.17) is 5.73 Å². The Balaban J connectivity index is 1.87. The molecule has 106 valence electrons. The van der Waals surface area contributed by atoms with Crippen molar-refractivity contribution in [2.24, 2.45) is 11.7 Å². The van der Waals surface area contributed by atoms with Crippen molar-refractivity contribution in [2.45, 2.75) is 19.3 Å². The number of piperidine rings is 1. The number of hydrogen-bond donors (Lipinski definition) is 1. The van der Waals surface area contributed by atoms with Crippen LogP contribution >= 0.6 is 0 Å². The van der Waals surface area contributed by atoms with Crippen LogP contribution in [0.1, 0.15) is 29.6 Å². The van der Waals surface area contributed by atoms with E-state index in [2.05, 4.69) is 0 Å². The van der Waals surface area contributed by atoms with Gasteiger partial charge in [-0.15, -0.1) is 0 Å². The maximum absolute atomic E-state index is 12.0. The minimum Gasteiger partial charge on any atom is -0.369 e. The topological polar surface area (TPSA) is 80.5 Å². The van der Waals surface area contributed by atoms with Crippen LogP contribution in [0.25, 0.3) is 0 Å². The quantitative estimate of drug-likeness (QED) is 0.656. The lowest BCUT2D eigenvalue weighted by atomic mass is 9.96. The van der Waals surface area contributed by atoms with Crippen molar-refractivity contribution >= 4 is 17.6 Å². The summed E-state index contributed by atoms with van der Waals surface area (Å²) in [6, 6.07) is 8.78. The van der Waals surface area contributed by atoms with Gasteiger partial charge in [0.1, 0.15) is 0 Å². The average molecular weight is 274 g/mol. The molecule has 2 rings (SSSR count). The molecule has 2 amide bonds. The Kier molecular flexibility index (Phi) is 4.50. The van der Waals surface area contributed by atoms with E-state index in [1.165, 1.54) is 0 Å². The summed E-state index contributed by atoms with van der Waals surface area (Å²) in [6.07, 6.45) is 1.05. The zero-order valence-electron chi connectivity index (χ0n) is 11.2. The fourth-order valence-corrected chi connectivity index (χ4v) is 2.39. The Morgan fingerprint density at radius 1 is 1.10 bits per heavy atom. The molecule has 20 heavy (non-hydrogen) atoms. The molecule has 2 N–H and O–H groups in total. The van der Waals surface area contributed by atoms with Crippen molar-refractivity contribution < 1.29 is 14.4 Å². The lowest BCUT2D eigenvalue weighted by molar-refractivity contribution is -0.134. The van der Waals surface area contributed by atoms with Gasteiger partial charge in [0.15, 0.2) is 5.78 Å². The van der Waals surface area contributed by atoms with Crippen molar-refractivity contribution in [2.75, 3.05) is 13.1 Å². The summed E-state index contributed by atoms with van der Waals surface area (Å²) in [5, 5.41) is 0. The van der Waals surface area contributed by atoms with Crippen LogP contribution < -0.4 is 5.73 Å². The molecule has 1 aromatic carbocycles. The number of nitrogens with two attached hydrogens (primary N) is 1. The fraction of sp³-hybridized carbons (Fsp3) is 0.400. The molecule has 1 fully saturated rings. The number of nitrogens with zero attached hydrogens (tertiary/aromatic N) is 1. The standard InChI is InChI=1S/C15H18N2O3/c16-15(20)12-6-8-17(9-7-12)14(19)10-13(18)11-4-2-1-3-5-11/h1-5,12H,6-10H2,(H2,16,20). The summed E-state index contributed by atoms with van der Waals surface area (Å²) >= 11 is 0. The average Bonchev–Trinajstić information content (AvgIpc) is 2.48. The largest absolute Gasteiger partial charge is 0.369 e. The molecule has 0 atom stereocenters. The monoisotopic (exact) mass is 274 g/mol. The second-order valence-corrected chi connectivity index (χ2v) is 5.02. The first-order valence-corrected chi connectivity index (χ1v) is 6.73. The summed E-state index contributed by atoms with van der Waals surface area (Å²) in [4.78, 5) is 36.7. The third kappa shape index (κ3) is 3.44. The van der Waals surface area contributed by atoms with E-state index in [0.29, 0.717) is 31.5 Å². The molecule has 5 heteroatoms. The molecule has 0 bridgehead atoms. The highest BCUT2D eigenvalue weighted by Gasteiger charge is 2.26. The Labute approximate surface area is 117 Å². The van der Waals surface area contributed by atoms with E-state index >= 15 is 0 Å². The Morgan fingerprint density at radius 2 is 1.70 bits per heavy atom. The normalized spacial score (nSPS) is 15.9. The summed E-state index contributed by atoms with van der Waals surface area (Å²) < 4.78 is 0. The molecular formula is C15H18N2O3. The molecule has 1 saturated heterocycles. The van der Waals surface area contributed by atoms with E-state index in [9.17, 15) is 14.4 Å². The molecule has 0 radical (unpaired) electrons. The van der Waals surface area contributed by atoms with Crippen LogP contribution in [-0.4, -0.2) is 35.6 Å². The smallest absolute Gasteiger partial charge is 0.230 e. The number of amides is 2. The van der Waals surface area contributed by atoms with Crippen LogP contribution in [0.15, 0.2) is 30.3 Å². The first kappa shape index (κ1) is 14.2. The van der Waals surface area contributed by atoms with Gasteiger partial charge in [-0.1, -0.05) is 30.3 Å². The minimum atomic E-state index is -0.308. The number of rotatable bonds is 4. The number of Topliss-reactive ketones (excluding diaryl/α,β-unsaturated/α-hetero) is 1. The van der Waals surface area contributed by atoms with E-state index in [-0.39, 0.29) is 29.9 Å². The van der Waals surface area contributed by atoms with E-state index < -0.39 is 0 Å². The molecular weight excluding hydrogens is 256 g/mol. The summed E-state index contributed by atoms with van der Waals surface area (Å²) in [5.74, 6) is -0.810. The lowest BCUT2D eigenvalue weighted by Gasteiger charge is -2.30. The summed E-state index contributed by atoms with van der Waals surface area (Å²) in [6.45, 7) is 0.989. The second-order valence-electron chi connectivity index (χ2n) is 5.02. The van der Waals surface area contributed by atoms with Crippen LogP contribution in [0.4, 0.5) is 0 Å². The molecule has 1 aromatic rings. The molecule has 0 unspecified atom stereocenters. The maximum atomic E-state index is 12.0. The van der Waals surface area contributed by atoms with Gasteiger partial charge in [-0.2, -0.15) is 0 Å². The lowest BCUT2D eigenvalue weighted by Crippen LogP contribution is -2.42. The van der Waals surface area contributed by atoms with Gasteiger partial charge >= 0.3 is 0 Å². The predicted molar refractivity (Wildman–Crippen MR) is 73.9 cm³/mol. The molecule has 0 aromatic heterocycles. The number of benzene rings is 1. The second kappa shape index (κ2) is 6.32. The first-order valence-electron chi connectivity index (χ1n) is 6.73. The van der Waals surface area contributed by atoms with Crippen LogP contribution in [-0.2, 0) is 9.59 Å². The number of hydrogen-bond acceptors (Lipinski definition) is 3. The summed E-state index contributed by atoms with van der Waals surface area (Å²) in [7, 11) is 0. The van der Waals surface area contributed by atoms with Crippen molar-refractivity contribution in [3.8, 4) is 0 Å². The Hall–Kier alpha value is -2.17. The molecule has 1 aliphatic rings. The molecule has 0 aliphatic carbocycles. The fourth-order valence-electron chi connectivity index (χ4n) is 2.39. The van der Waals surface area contributed by atoms with Crippen molar-refractivity contribution in [3.05, 3.63) is 35.9 Å². The van der Waals surface area contributed by atoms with Crippen LogP contribution in [0, 0.1) is 5.92 Å². The highest BCUT2D eigenvalue weighted by atomic mass is 16.2. The molecule has 0 spiro atoms. The number of carbonyl (C=O) groups is 3. The molecule has 1 aliphatic heterocycles. The maximum Gasteiger partial charge on any atom is 0.230 e. The minimum absolute atomic E-state index is 0.120. The zero-order chi connectivity index (χ0) is 14.5. The van der Waals surface area contributed by atoms with Gasteiger partial charge in [0.2, 0.25) is 11.8 Å². The SMILES string of the molecule is NC(=O)C1CCN(C(=O)CC(=O)c2ccccc2)CC1. The van der Waals surface area contributed by atoms with Crippen LogP contribution in [0.3, 0.4) is 0 Å². The van der Waals surface area contributed by atoms with E-state index in [1.807, 2.05) is 6.07 Å². The Bertz CT molecular complexity index is 505. The van der Waals surface area contributed by atoms with Gasteiger partial charge < -0.3 is 10.6 Å². The van der Waals surface area contributed by atoms with Crippen molar-refractivity contribution in [3.63, 3.8) is 0 Å². The van der Waals surface area contributed by atoms with Gasteiger partial charge in [-0.25, -0.2) is 0 Å². The van der Waals surface area contributed by atoms with E-state index in [0.717, 1.165) is 0 Å².